The van der Waals surface area contributed by atoms with Crippen molar-refractivity contribution in [3.8, 4) is 0 Å². The normalized spacial score (nSPS) is 35.4. The monoisotopic (exact) mass is 383 g/mol. The average molecular weight is 384 g/mol. The summed E-state index contributed by atoms with van der Waals surface area (Å²) in [5.74, 6) is 0.341. The van der Waals surface area contributed by atoms with Gasteiger partial charge in [-0.3, -0.25) is 4.84 Å². The van der Waals surface area contributed by atoms with Crippen LogP contribution in [-0.2, 0) is 20.9 Å². The minimum absolute atomic E-state index is 0.0328. The average Bonchev–Trinajstić information content (AvgIpc) is 3.31. The Labute approximate surface area is 159 Å². The van der Waals surface area contributed by atoms with Crippen LogP contribution in [0.3, 0.4) is 0 Å². The van der Waals surface area contributed by atoms with Gasteiger partial charge >= 0.3 is 5.97 Å². The lowest BCUT2D eigenvalue weighted by atomic mass is 9.64. The number of thiophene rings is 1. The van der Waals surface area contributed by atoms with E-state index in [-0.39, 0.29) is 11.3 Å². The van der Waals surface area contributed by atoms with Gasteiger partial charge in [0.05, 0.1) is 6.54 Å². The van der Waals surface area contributed by atoms with Crippen LogP contribution >= 0.6 is 11.3 Å². The molecule has 1 aromatic heterocycles. The minimum Gasteiger partial charge on any atom is -0.432 e. The first-order valence-electron chi connectivity index (χ1n) is 9.62. The first-order valence-corrected chi connectivity index (χ1v) is 10.5. The molecule has 2 aliphatic rings. The topological polar surface area (TPSA) is 38.8 Å². The molecule has 5 unspecified atom stereocenters. The third kappa shape index (κ3) is 2.90. The first kappa shape index (κ1) is 19.8. The SMILES string of the molecule is CCC(C)C1CC2CN(Cc3cccs3)OC2(C(=O)OCF)C1(C)CC. The standard InChI is InChI=1S/C20H30FNO3S/c1-5-14(3)17-10-15-11-22(12-16-8-7-9-26-16)25-20(15,18(23)24-13-21)19(17,4)6-2/h7-9,14-15,17H,5-6,10-13H2,1-4H3. The molecule has 0 bridgehead atoms. The quantitative estimate of drug-likeness (QED) is 0.634. The van der Waals surface area contributed by atoms with Gasteiger partial charge in [-0.2, -0.15) is 5.06 Å². The summed E-state index contributed by atoms with van der Waals surface area (Å²) in [6.45, 7) is 8.90. The van der Waals surface area contributed by atoms with Gasteiger partial charge in [-0.05, 0) is 36.1 Å². The van der Waals surface area contributed by atoms with Gasteiger partial charge in [-0.15, -0.1) is 11.3 Å². The van der Waals surface area contributed by atoms with Crippen LogP contribution in [0.25, 0.3) is 0 Å². The van der Waals surface area contributed by atoms with Gasteiger partial charge in [0.15, 0.2) is 5.60 Å². The summed E-state index contributed by atoms with van der Waals surface area (Å²) in [6, 6.07) is 4.08. The van der Waals surface area contributed by atoms with E-state index in [0.29, 0.717) is 24.9 Å². The Balaban J connectivity index is 1.95. The molecule has 1 aliphatic carbocycles. The van der Waals surface area contributed by atoms with E-state index in [1.807, 2.05) is 16.5 Å². The summed E-state index contributed by atoms with van der Waals surface area (Å²) in [4.78, 5) is 20.6. The molecule has 2 heterocycles. The number of alkyl halides is 1. The first-order chi connectivity index (χ1) is 12.4. The Bertz CT molecular complexity index is 625. The van der Waals surface area contributed by atoms with Gasteiger partial charge in [0, 0.05) is 22.8 Å². The Kier molecular flexibility index (Phi) is 5.75. The number of ether oxygens (including phenoxy) is 1. The molecule has 0 radical (unpaired) electrons. The third-order valence-electron chi connectivity index (χ3n) is 6.94. The van der Waals surface area contributed by atoms with Gasteiger partial charge in [0.2, 0.25) is 6.86 Å². The van der Waals surface area contributed by atoms with Crippen molar-refractivity contribution in [1.82, 2.24) is 5.06 Å². The minimum atomic E-state index is -1.10. The van der Waals surface area contributed by atoms with Crippen molar-refractivity contribution < 1.29 is 18.8 Å². The molecule has 2 fully saturated rings. The van der Waals surface area contributed by atoms with Gasteiger partial charge in [0.25, 0.3) is 0 Å². The maximum atomic E-state index is 13.0. The van der Waals surface area contributed by atoms with Crippen LogP contribution in [0.2, 0.25) is 0 Å². The van der Waals surface area contributed by atoms with Crippen molar-refractivity contribution in [2.75, 3.05) is 13.4 Å². The van der Waals surface area contributed by atoms with Crippen molar-refractivity contribution >= 4 is 17.3 Å². The van der Waals surface area contributed by atoms with Crippen molar-refractivity contribution in [1.29, 1.82) is 0 Å². The van der Waals surface area contributed by atoms with Crippen molar-refractivity contribution in [3.05, 3.63) is 22.4 Å². The van der Waals surface area contributed by atoms with E-state index in [1.54, 1.807) is 11.3 Å². The number of hydrogen-bond acceptors (Lipinski definition) is 5. The third-order valence-corrected chi connectivity index (χ3v) is 7.80. The van der Waals surface area contributed by atoms with Crippen molar-refractivity contribution in [2.45, 2.75) is 59.1 Å². The smallest absolute Gasteiger partial charge is 0.343 e. The van der Waals surface area contributed by atoms with E-state index in [2.05, 4.69) is 33.8 Å². The molecule has 4 nitrogen and oxygen atoms in total. The van der Waals surface area contributed by atoms with E-state index in [9.17, 15) is 9.18 Å². The van der Waals surface area contributed by atoms with E-state index in [1.165, 1.54) is 4.88 Å². The molecular formula is C20H30FNO3S. The highest BCUT2D eigenvalue weighted by molar-refractivity contribution is 7.09. The van der Waals surface area contributed by atoms with Crippen LogP contribution in [0, 0.1) is 23.2 Å². The zero-order chi connectivity index (χ0) is 18.9. The zero-order valence-electron chi connectivity index (χ0n) is 16.2. The summed E-state index contributed by atoms with van der Waals surface area (Å²) in [5.41, 5.74) is -1.46. The number of esters is 1. The highest BCUT2D eigenvalue weighted by Gasteiger charge is 2.72. The van der Waals surface area contributed by atoms with E-state index >= 15 is 0 Å². The number of rotatable bonds is 7. The lowest BCUT2D eigenvalue weighted by Gasteiger charge is -2.44. The van der Waals surface area contributed by atoms with Gasteiger partial charge in [-0.25, -0.2) is 9.18 Å². The highest BCUT2D eigenvalue weighted by atomic mass is 32.1. The van der Waals surface area contributed by atoms with Crippen LogP contribution in [0.1, 0.15) is 51.8 Å². The summed E-state index contributed by atoms with van der Waals surface area (Å²) in [7, 11) is 0. The fraction of sp³-hybridized carbons (Fsp3) is 0.750. The molecule has 26 heavy (non-hydrogen) atoms. The summed E-state index contributed by atoms with van der Waals surface area (Å²) in [5, 5.41) is 3.92. The molecule has 3 rings (SSSR count). The molecule has 0 N–H and O–H groups in total. The Morgan fingerprint density at radius 3 is 2.88 bits per heavy atom. The summed E-state index contributed by atoms with van der Waals surface area (Å²) >= 11 is 1.67. The van der Waals surface area contributed by atoms with Gasteiger partial charge in [-0.1, -0.05) is 40.2 Å². The van der Waals surface area contributed by atoms with Crippen LogP contribution in [0.15, 0.2) is 17.5 Å². The molecule has 1 aromatic rings. The Morgan fingerprint density at radius 2 is 2.31 bits per heavy atom. The Hall–Kier alpha value is -0.980. The molecular weight excluding hydrogens is 353 g/mol. The number of nitrogens with zero attached hydrogens (tertiary/aromatic N) is 1. The lowest BCUT2D eigenvalue weighted by molar-refractivity contribution is -0.252. The van der Waals surface area contributed by atoms with Crippen LogP contribution < -0.4 is 0 Å². The summed E-state index contributed by atoms with van der Waals surface area (Å²) in [6.07, 6.45) is 2.77. The second kappa shape index (κ2) is 7.56. The number of hydroxylamine groups is 2. The molecule has 1 saturated carbocycles. The van der Waals surface area contributed by atoms with Gasteiger partial charge in [0.1, 0.15) is 0 Å². The second-order valence-electron chi connectivity index (χ2n) is 7.97. The molecule has 1 saturated heterocycles. The lowest BCUT2D eigenvalue weighted by Crippen LogP contribution is -2.56. The molecule has 5 atom stereocenters. The van der Waals surface area contributed by atoms with Crippen molar-refractivity contribution in [3.63, 3.8) is 0 Å². The van der Waals surface area contributed by atoms with Crippen molar-refractivity contribution in [2.24, 2.45) is 23.2 Å². The van der Waals surface area contributed by atoms with E-state index in [4.69, 9.17) is 9.57 Å². The molecule has 0 spiro atoms. The predicted molar refractivity (Wildman–Crippen MR) is 100 cm³/mol. The van der Waals surface area contributed by atoms with Crippen LogP contribution in [0.5, 0.6) is 0 Å². The fourth-order valence-corrected chi connectivity index (χ4v) is 5.99. The number of hydrogen-bond donors (Lipinski definition) is 0. The number of carbonyl (C=O) groups excluding carboxylic acids is 1. The highest BCUT2D eigenvalue weighted by Crippen LogP contribution is 2.63. The molecule has 146 valence electrons. The molecule has 0 aromatic carbocycles. The molecule has 6 heteroatoms. The zero-order valence-corrected chi connectivity index (χ0v) is 17.0. The number of carbonyl (C=O) groups is 1. The van der Waals surface area contributed by atoms with E-state index < -0.39 is 18.4 Å². The molecule has 1 aliphatic heterocycles. The predicted octanol–water partition coefficient (Wildman–Crippen LogP) is 4.80. The van der Waals surface area contributed by atoms with E-state index in [0.717, 1.165) is 19.3 Å². The number of fused-ring (bicyclic) bond motifs is 1. The maximum absolute atomic E-state index is 13.0. The van der Waals surface area contributed by atoms with Crippen LogP contribution in [0.4, 0.5) is 4.39 Å². The largest absolute Gasteiger partial charge is 0.432 e. The summed E-state index contributed by atoms with van der Waals surface area (Å²) < 4.78 is 17.8. The second-order valence-corrected chi connectivity index (χ2v) is 9.00. The maximum Gasteiger partial charge on any atom is 0.343 e. The number of halogens is 1. The fourth-order valence-electron chi connectivity index (χ4n) is 5.28. The van der Waals surface area contributed by atoms with Gasteiger partial charge < -0.3 is 4.74 Å². The van der Waals surface area contributed by atoms with Crippen LogP contribution in [-0.4, -0.2) is 30.0 Å². The molecule has 0 amide bonds. The Morgan fingerprint density at radius 1 is 1.54 bits per heavy atom.